The van der Waals surface area contributed by atoms with Crippen molar-refractivity contribution < 1.29 is 0 Å². The summed E-state index contributed by atoms with van der Waals surface area (Å²) in [6.07, 6.45) is 2.97. The van der Waals surface area contributed by atoms with Crippen molar-refractivity contribution in [3.63, 3.8) is 0 Å². The van der Waals surface area contributed by atoms with Gasteiger partial charge in [-0.3, -0.25) is 14.3 Å². The zero-order valence-corrected chi connectivity index (χ0v) is 20.3. The molecule has 3 rings (SSSR count). The average Bonchev–Trinajstić information content (AvgIpc) is 3.18. The van der Waals surface area contributed by atoms with Crippen LogP contribution in [0.25, 0.3) is 5.65 Å². The number of hydrogen-bond acceptors (Lipinski definition) is 4. The van der Waals surface area contributed by atoms with E-state index in [0.717, 1.165) is 43.5 Å². The fourth-order valence-electron chi connectivity index (χ4n) is 3.57. The molecule has 2 aromatic heterocycles. The van der Waals surface area contributed by atoms with Crippen LogP contribution >= 0.6 is 24.0 Å². The minimum Gasteiger partial charge on any atom is -0.355 e. The molecule has 162 valence electrons. The molecule has 1 aromatic carbocycles. The molecule has 0 saturated heterocycles. The topological polar surface area (TPSA) is 69.8 Å². The van der Waals surface area contributed by atoms with Gasteiger partial charge in [0, 0.05) is 25.8 Å². The summed E-state index contributed by atoms with van der Waals surface area (Å²) in [7, 11) is 1.79. The first-order chi connectivity index (χ1) is 14.2. The number of rotatable bonds is 9. The Bertz CT molecular complexity index is 906. The van der Waals surface area contributed by atoms with Crippen LogP contribution in [0.4, 0.5) is 0 Å². The van der Waals surface area contributed by atoms with E-state index in [-0.39, 0.29) is 24.0 Å². The van der Waals surface area contributed by atoms with E-state index in [0.29, 0.717) is 12.6 Å². The summed E-state index contributed by atoms with van der Waals surface area (Å²) in [6, 6.07) is 16.9. The summed E-state index contributed by atoms with van der Waals surface area (Å²) < 4.78 is 1.98. The van der Waals surface area contributed by atoms with Gasteiger partial charge in [0.15, 0.2) is 17.4 Å². The van der Waals surface area contributed by atoms with Crippen molar-refractivity contribution in [2.75, 3.05) is 26.7 Å². The normalized spacial score (nSPS) is 12.6. The van der Waals surface area contributed by atoms with Gasteiger partial charge >= 0.3 is 0 Å². The maximum atomic E-state index is 4.38. The van der Waals surface area contributed by atoms with Crippen LogP contribution in [0, 0.1) is 0 Å². The third-order valence-electron chi connectivity index (χ3n) is 5.17. The number of nitrogens with one attached hydrogen (secondary N) is 2. The molecule has 0 aliphatic carbocycles. The quantitative estimate of drug-likeness (QED) is 0.258. The Morgan fingerprint density at radius 2 is 1.77 bits per heavy atom. The smallest absolute Gasteiger partial charge is 0.191 e. The highest BCUT2D eigenvalue weighted by Crippen LogP contribution is 2.09. The SMILES string of the molecule is CCN(CC)C(CNC(=NC)NCc1nnc2ccccn12)Cc1ccccc1.I. The van der Waals surface area contributed by atoms with Gasteiger partial charge in [-0.25, -0.2) is 0 Å². The number of likely N-dealkylation sites (N-methyl/N-ethyl adjacent to an activating group) is 1. The largest absolute Gasteiger partial charge is 0.355 e. The van der Waals surface area contributed by atoms with E-state index < -0.39 is 0 Å². The third-order valence-corrected chi connectivity index (χ3v) is 5.17. The van der Waals surface area contributed by atoms with E-state index in [1.54, 1.807) is 7.05 Å². The van der Waals surface area contributed by atoms with Gasteiger partial charge in [-0.1, -0.05) is 50.2 Å². The maximum absolute atomic E-state index is 4.38. The summed E-state index contributed by atoms with van der Waals surface area (Å²) >= 11 is 0. The lowest BCUT2D eigenvalue weighted by Crippen LogP contribution is -2.48. The summed E-state index contributed by atoms with van der Waals surface area (Å²) in [5.74, 6) is 1.62. The van der Waals surface area contributed by atoms with Gasteiger partial charge in [0.1, 0.15) is 0 Å². The molecule has 0 saturated carbocycles. The lowest BCUT2D eigenvalue weighted by molar-refractivity contribution is 0.215. The monoisotopic (exact) mass is 521 g/mol. The first kappa shape index (κ1) is 24.1. The van der Waals surface area contributed by atoms with Crippen molar-refractivity contribution in [1.29, 1.82) is 0 Å². The molecular weight excluding hydrogens is 489 g/mol. The van der Waals surface area contributed by atoms with Crippen molar-refractivity contribution in [3.05, 3.63) is 66.1 Å². The zero-order valence-electron chi connectivity index (χ0n) is 18.0. The molecule has 2 N–H and O–H groups in total. The Morgan fingerprint density at radius 1 is 1.03 bits per heavy atom. The minimum absolute atomic E-state index is 0. The molecule has 1 atom stereocenters. The van der Waals surface area contributed by atoms with Crippen LogP contribution in [0.3, 0.4) is 0 Å². The summed E-state index contributed by atoms with van der Waals surface area (Å²) in [6.45, 7) is 7.84. The molecule has 0 fully saturated rings. The molecule has 0 amide bonds. The lowest BCUT2D eigenvalue weighted by atomic mass is 10.0. The average molecular weight is 521 g/mol. The first-order valence-electron chi connectivity index (χ1n) is 10.3. The number of aromatic nitrogens is 3. The first-order valence-corrected chi connectivity index (χ1v) is 10.3. The van der Waals surface area contributed by atoms with Gasteiger partial charge < -0.3 is 10.6 Å². The highest BCUT2D eigenvalue weighted by Gasteiger charge is 2.17. The second kappa shape index (κ2) is 12.5. The molecule has 1 unspecified atom stereocenters. The molecule has 8 heteroatoms. The highest BCUT2D eigenvalue weighted by atomic mass is 127. The van der Waals surface area contributed by atoms with Crippen molar-refractivity contribution in [3.8, 4) is 0 Å². The van der Waals surface area contributed by atoms with Crippen molar-refractivity contribution in [2.45, 2.75) is 32.9 Å². The van der Waals surface area contributed by atoms with Crippen LogP contribution in [0.2, 0.25) is 0 Å². The molecule has 2 heterocycles. The molecule has 0 spiro atoms. The molecular formula is C22H32IN7. The second-order valence-corrected chi connectivity index (χ2v) is 6.92. The fourth-order valence-corrected chi connectivity index (χ4v) is 3.57. The van der Waals surface area contributed by atoms with E-state index >= 15 is 0 Å². The van der Waals surface area contributed by atoms with E-state index in [4.69, 9.17) is 0 Å². The van der Waals surface area contributed by atoms with Crippen LogP contribution in [0.5, 0.6) is 0 Å². The predicted octanol–water partition coefficient (Wildman–Crippen LogP) is 2.97. The fraction of sp³-hybridized carbons (Fsp3) is 0.409. The molecule has 30 heavy (non-hydrogen) atoms. The molecule has 0 aliphatic rings. The van der Waals surface area contributed by atoms with Crippen LogP contribution in [0.15, 0.2) is 59.7 Å². The molecule has 3 aromatic rings. The number of guanidine groups is 1. The second-order valence-electron chi connectivity index (χ2n) is 6.92. The highest BCUT2D eigenvalue weighted by molar-refractivity contribution is 14.0. The van der Waals surface area contributed by atoms with Crippen LogP contribution < -0.4 is 10.6 Å². The van der Waals surface area contributed by atoms with Gasteiger partial charge in [-0.2, -0.15) is 0 Å². The van der Waals surface area contributed by atoms with E-state index in [1.807, 2.05) is 28.8 Å². The number of benzene rings is 1. The maximum Gasteiger partial charge on any atom is 0.191 e. The van der Waals surface area contributed by atoms with Crippen LogP contribution in [0.1, 0.15) is 25.2 Å². The number of hydrogen-bond donors (Lipinski definition) is 2. The van der Waals surface area contributed by atoms with Crippen molar-refractivity contribution in [2.24, 2.45) is 4.99 Å². The Hall–Kier alpha value is -2.20. The predicted molar refractivity (Wildman–Crippen MR) is 133 cm³/mol. The number of fused-ring (bicyclic) bond motifs is 1. The molecule has 0 bridgehead atoms. The summed E-state index contributed by atoms with van der Waals surface area (Å²) in [5, 5.41) is 15.3. The summed E-state index contributed by atoms with van der Waals surface area (Å²) in [5.41, 5.74) is 2.20. The molecule has 0 radical (unpaired) electrons. The van der Waals surface area contributed by atoms with Crippen molar-refractivity contribution >= 4 is 35.6 Å². The Morgan fingerprint density at radius 3 is 2.47 bits per heavy atom. The van der Waals surface area contributed by atoms with Crippen molar-refractivity contribution in [1.82, 2.24) is 30.1 Å². The van der Waals surface area contributed by atoms with Gasteiger partial charge in [0.05, 0.1) is 6.54 Å². The zero-order chi connectivity index (χ0) is 20.5. The van der Waals surface area contributed by atoms with Gasteiger partial charge in [0.2, 0.25) is 0 Å². The van der Waals surface area contributed by atoms with Gasteiger partial charge in [-0.15, -0.1) is 34.2 Å². The summed E-state index contributed by atoms with van der Waals surface area (Å²) in [4.78, 5) is 6.86. The van der Waals surface area contributed by atoms with E-state index in [2.05, 4.69) is 74.9 Å². The lowest BCUT2D eigenvalue weighted by Gasteiger charge is -2.30. The van der Waals surface area contributed by atoms with Gasteiger partial charge in [0.25, 0.3) is 0 Å². The number of pyridine rings is 1. The standard InChI is InChI=1S/C22H31N7.HI/c1-4-28(5-2)19(15-18-11-7-6-8-12-18)16-24-22(23-3)25-17-21-27-26-20-13-9-10-14-29(20)21;/h6-14,19H,4-5,15-17H2,1-3H3,(H2,23,24,25);1H. The number of nitrogens with zero attached hydrogens (tertiary/aromatic N) is 5. The van der Waals surface area contributed by atoms with E-state index in [1.165, 1.54) is 5.56 Å². The Labute approximate surface area is 196 Å². The van der Waals surface area contributed by atoms with E-state index in [9.17, 15) is 0 Å². The van der Waals surface area contributed by atoms with Gasteiger partial charge in [-0.05, 0) is 37.2 Å². The molecule has 0 aliphatic heterocycles. The number of aliphatic imine (C=N–C) groups is 1. The van der Waals surface area contributed by atoms with Crippen LogP contribution in [-0.2, 0) is 13.0 Å². The Balaban J connectivity index is 0.00000320. The number of halogens is 1. The third kappa shape index (κ3) is 6.40. The van der Waals surface area contributed by atoms with Crippen LogP contribution in [-0.4, -0.2) is 58.2 Å². The minimum atomic E-state index is 0. The Kier molecular flexibility index (Phi) is 10.0. The molecule has 7 nitrogen and oxygen atoms in total.